The van der Waals surface area contributed by atoms with Crippen LogP contribution >= 0.6 is 35.4 Å². The molecule has 0 saturated carbocycles. The Morgan fingerprint density at radius 2 is 1.89 bits per heavy atom. The van der Waals surface area contributed by atoms with Crippen LogP contribution in [0.2, 0.25) is 10.0 Å². The van der Waals surface area contributed by atoms with Crippen molar-refractivity contribution in [2.24, 2.45) is 0 Å². The molecule has 1 aliphatic heterocycles. The van der Waals surface area contributed by atoms with Gasteiger partial charge < -0.3 is 24.8 Å². The summed E-state index contributed by atoms with van der Waals surface area (Å²) < 4.78 is 17.5. The van der Waals surface area contributed by atoms with Gasteiger partial charge in [0.1, 0.15) is 0 Å². The first kappa shape index (κ1) is 25.5. The van der Waals surface area contributed by atoms with Gasteiger partial charge in [-0.25, -0.2) is 4.79 Å². The number of aromatic nitrogens is 2. The number of thiocarbonyl (C=S) groups is 1. The number of nitrogens with zero attached hydrogens (tertiary/aromatic N) is 2. The van der Waals surface area contributed by atoms with Crippen LogP contribution in [0.25, 0.3) is 5.69 Å². The fourth-order valence-electron chi connectivity index (χ4n) is 3.67. The van der Waals surface area contributed by atoms with Crippen molar-refractivity contribution in [2.45, 2.75) is 13.0 Å². The van der Waals surface area contributed by atoms with E-state index < -0.39 is 17.6 Å². The molecule has 0 saturated heterocycles. The van der Waals surface area contributed by atoms with Crippen molar-refractivity contribution in [3.05, 3.63) is 85.9 Å². The maximum Gasteiger partial charge on any atom is 0.337 e. The molecule has 4 rings (SSSR count). The number of allylic oxidation sites excluding steroid dienone is 1. The third-order valence-corrected chi connectivity index (χ3v) is 6.16. The average molecular weight is 547 g/mol. The largest absolute Gasteiger partial charge is 0.493 e. The molecule has 0 aliphatic carbocycles. The van der Waals surface area contributed by atoms with Crippen molar-refractivity contribution in [1.29, 1.82) is 0 Å². The molecule has 1 atom stereocenters. The second-order valence-corrected chi connectivity index (χ2v) is 8.82. The normalized spacial score (nSPS) is 15.1. The molecule has 2 N–H and O–H groups in total. The van der Waals surface area contributed by atoms with Crippen molar-refractivity contribution >= 4 is 46.5 Å². The predicted molar refractivity (Wildman–Crippen MR) is 139 cm³/mol. The van der Waals surface area contributed by atoms with Crippen molar-refractivity contribution in [3.63, 3.8) is 0 Å². The molecule has 0 radical (unpaired) electrons. The van der Waals surface area contributed by atoms with Crippen LogP contribution in [0.1, 0.15) is 18.5 Å². The van der Waals surface area contributed by atoms with E-state index in [-0.39, 0.29) is 16.5 Å². The molecule has 2 aromatic carbocycles. The molecule has 0 bridgehead atoms. The summed E-state index contributed by atoms with van der Waals surface area (Å²) in [5, 5.41) is 10.8. The standard InChI is InChI=1S/C24H20Cl2N4O5S/c1-12-19(23(32)34-3)21(29-24(36)28-12)13-7-8-16(17(9-13)33-2)35-18-11-27-30(22(31)20(18)26)15-6-4-5-14(25)10-15/h4-11,21H,1-3H3,(H2,28,29,36)/t21-/m1/s1. The van der Waals surface area contributed by atoms with Gasteiger partial charge in [0.05, 0.1) is 37.7 Å². The monoisotopic (exact) mass is 546 g/mol. The highest BCUT2D eigenvalue weighted by Gasteiger charge is 2.31. The van der Waals surface area contributed by atoms with Gasteiger partial charge in [0.15, 0.2) is 27.4 Å². The van der Waals surface area contributed by atoms with E-state index in [4.69, 9.17) is 49.6 Å². The van der Waals surface area contributed by atoms with E-state index in [0.717, 1.165) is 4.68 Å². The topological polar surface area (TPSA) is 104 Å². The zero-order valence-electron chi connectivity index (χ0n) is 19.3. The van der Waals surface area contributed by atoms with E-state index in [1.54, 1.807) is 49.4 Å². The summed E-state index contributed by atoms with van der Waals surface area (Å²) in [5.41, 5.74) is 1.50. The van der Waals surface area contributed by atoms with E-state index in [9.17, 15) is 9.59 Å². The Bertz CT molecular complexity index is 1460. The van der Waals surface area contributed by atoms with E-state index >= 15 is 0 Å². The van der Waals surface area contributed by atoms with Gasteiger partial charge in [-0.3, -0.25) is 4.79 Å². The lowest BCUT2D eigenvalue weighted by molar-refractivity contribution is -0.136. The molecule has 2 heterocycles. The van der Waals surface area contributed by atoms with E-state index in [1.807, 2.05) is 0 Å². The molecule has 0 unspecified atom stereocenters. The molecule has 0 amide bonds. The number of carbonyl (C=O) groups excluding carboxylic acids is 1. The summed E-state index contributed by atoms with van der Waals surface area (Å²) in [4.78, 5) is 25.3. The zero-order valence-corrected chi connectivity index (χ0v) is 21.6. The number of esters is 1. The molecule has 9 nitrogen and oxygen atoms in total. The number of hydrogen-bond acceptors (Lipinski definition) is 7. The zero-order chi connectivity index (χ0) is 26.0. The van der Waals surface area contributed by atoms with Crippen LogP contribution in [0.5, 0.6) is 17.2 Å². The molecular weight excluding hydrogens is 527 g/mol. The SMILES string of the molecule is COC(=O)C1=C(C)NC(=S)N[C@@H]1c1ccc(Oc2cnn(-c3cccc(Cl)c3)c(=O)c2Cl)c(OC)c1. The molecule has 1 aliphatic rings. The van der Waals surface area contributed by atoms with Gasteiger partial charge >= 0.3 is 5.97 Å². The number of nitrogens with one attached hydrogen (secondary N) is 2. The van der Waals surface area contributed by atoms with Gasteiger partial charge in [-0.1, -0.05) is 35.3 Å². The first-order valence-corrected chi connectivity index (χ1v) is 11.7. The highest BCUT2D eigenvalue weighted by Crippen LogP contribution is 2.37. The lowest BCUT2D eigenvalue weighted by atomic mass is 9.95. The third-order valence-electron chi connectivity index (χ3n) is 5.36. The Morgan fingerprint density at radius 1 is 1.11 bits per heavy atom. The number of hydrogen-bond donors (Lipinski definition) is 2. The number of benzene rings is 2. The lowest BCUT2D eigenvalue weighted by Crippen LogP contribution is -2.45. The number of rotatable bonds is 6. The van der Waals surface area contributed by atoms with Gasteiger partial charge in [-0.2, -0.15) is 9.78 Å². The molecular formula is C24H20Cl2N4O5S. The van der Waals surface area contributed by atoms with Crippen LogP contribution in [0.4, 0.5) is 0 Å². The first-order chi connectivity index (χ1) is 17.2. The minimum absolute atomic E-state index is 0.0400. The summed E-state index contributed by atoms with van der Waals surface area (Å²) in [7, 11) is 2.77. The Hall–Kier alpha value is -3.60. The lowest BCUT2D eigenvalue weighted by Gasteiger charge is -2.30. The van der Waals surface area contributed by atoms with Crippen molar-refractivity contribution < 1.29 is 19.0 Å². The summed E-state index contributed by atoms with van der Waals surface area (Å²) in [6, 6.07) is 11.1. The van der Waals surface area contributed by atoms with Crippen LogP contribution in [-0.2, 0) is 9.53 Å². The van der Waals surface area contributed by atoms with Crippen molar-refractivity contribution in [1.82, 2.24) is 20.4 Å². The first-order valence-electron chi connectivity index (χ1n) is 10.5. The molecule has 12 heteroatoms. The molecule has 0 fully saturated rings. The molecule has 1 aromatic heterocycles. The Labute approximate surface area is 221 Å². The fraction of sp³-hybridized carbons (Fsp3) is 0.167. The minimum atomic E-state index is -0.582. The number of methoxy groups -OCH3 is 2. The van der Waals surface area contributed by atoms with Crippen LogP contribution in [0, 0.1) is 0 Å². The van der Waals surface area contributed by atoms with Gasteiger partial charge in [0.25, 0.3) is 5.56 Å². The van der Waals surface area contributed by atoms with Crippen LogP contribution in [0.3, 0.4) is 0 Å². The molecule has 186 valence electrons. The molecule has 0 spiro atoms. The summed E-state index contributed by atoms with van der Waals surface area (Å²) in [6.45, 7) is 1.74. The predicted octanol–water partition coefficient (Wildman–Crippen LogP) is 4.31. The van der Waals surface area contributed by atoms with E-state index in [0.29, 0.717) is 38.4 Å². The van der Waals surface area contributed by atoms with Crippen LogP contribution in [0.15, 0.2) is 64.7 Å². The Morgan fingerprint density at radius 3 is 2.58 bits per heavy atom. The molecule has 36 heavy (non-hydrogen) atoms. The summed E-state index contributed by atoms with van der Waals surface area (Å²) >= 11 is 17.6. The summed E-state index contributed by atoms with van der Waals surface area (Å²) in [5.74, 6) is 0.146. The van der Waals surface area contributed by atoms with Crippen LogP contribution < -0.4 is 25.7 Å². The highest BCUT2D eigenvalue weighted by atomic mass is 35.5. The number of halogens is 2. The Balaban J connectivity index is 1.68. The van der Waals surface area contributed by atoms with Crippen molar-refractivity contribution in [3.8, 4) is 22.9 Å². The van der Waals surface area contributed by atoms with Gasteiger partial charge in [0.2, 0.25) is 0 Å². The number of ether oxygens (including phenoxy) is 3. The molecule has 3 aromatic rings. The fourth-order valence-corrected chi connectivity index (χ4v) is 4.29. The second kappa shape index (κ2) is 10.6. The Kier molecular flexibility index (Phi) is 7.48. The average Bonchev–Trinajstić information content (AvgIpc) is 2.86. The highest BCUT2D eigenvalue weighted by molar-refractivity contribution is 7.80. The number of carbonyl (C=O) groups is 1. The van der Waals surface area contributed by atoms with Gasteiger partial charge in [-0.15, -0.1) is 0 Å². The van der Waals surface area contributed by atoms with E-state index in [1.165, 1.54) is 20.4 Å². The van der Waals surface area contributed by atoms with Gasteiger partial charge in [0, 0.05) is 10.7 Å². The summed E-state index contributed by atoms with van der Waals surface area (Å²) in [6.07, 6.45) is 1.33. The maximum atomic E-state index is 12.8. The van der Waals surface area contributed by atoms with Crippen LogP contribution in [-0.4, -0.2) is 35.1 Å². The quantitative estimate of drug-likeness (QED) is 0.345. The van der Waals surface area contributed by atoms with E-state index in [2.05, 4.69) is 15.7 Å². The smallest absolute Gasteiger partial charge is 0.337 e. The minimum Gasteiger partial charge on any atom is -0.493 e. The third kappa shape index (κ3) is 5.01. The van der Waals surface area contributed by atoms with Gasteiger partial charge in [-0.05, 0) is 55.0 Å². The second-order valence-electron chi connectivity index (χ2n) is 7.59. The van der Waals surface area contributed by atoms with Crippen molar-refractivity contribution in [2.75, 3.05) is 14.2 Å². The maximum absolute atomic E-state index is 12.8.